The molecule has 2 saturated heterocycles. The number of nitrogens with one attached hydrogen (secondary N) is 2. The monoisotopic (exact) mass is 411 g/mol. The predicted molar refractivity (Wildman–Crippen MR) is 119 cm³/mol. The lowest BCUT2D eigenvalue weighted by Gasteiger charge is -2.56. The van der Waals surface area contributed by atoms with Crippen molar-refractivity contribution < 1.29 is 9.90 Å². The highest BCUT2D eigenvalue weighted by Gasteiger charge is 2.51. The average molecular weight is 412 g/mol. The first-order chi connectivity index (χ1) is 14.6. The van der Waals surface area contributed by atoms with Gasteiger partial charge in [0.25, 0.3) is 0 Å². The minimum Gasteiger partial charge on any atom is -0.508 e. The first kappa shape index (κ1) is 20.3. The largest absolute Gasteiger partial charge is 0.508 e. The lowest BCUT2D eigenvalue weighted by atomic mass is 9.56. The van der Waals surface area contributed by atoms with Crippen LogP contribution in [0.3, 0.4) is 0 Å². The Bertz CT molecular complexity index is 787. The Hall–Kier alpha value is -1.59. The van der Waals surface area contributed by atoms with Crippen LogP contribution in [0.15, 0.2) is 18.2 Å². The van der Waals surface area contributed by atoms with Gasteiger partial charge in [-0.3, -0.25) is 9.69 Å². The number of fused-ring (bicyclic) bond motifs is 4. The highest BCUT2D eigenvalue weighted by atomic mass is 16.3. The fourth-order valence-electron chi connectivity index (χ4n) is 6.49. The fraction of sp³-hybridized carbons (Fsp3) is 0.720. The zero-order chi connectivity index (χ0) is 20.7. The van der Waals surface area contributed by atoms with E-state index in [4.69, 9.17) is 0 Å². The van der Waals surface area contributed by atoms with Gasteiger partial charge in [0, 0.05) is 24.5 Å². The smallest absolute Gasteiger partial charge is 0.237 e. The molecule has 0 aromatic heterocycles. The molecular weight excluding hydrogens is 374 g/mol. The van der Waals surface area contributed by atoms with Crippen LogP contribution in [0, 0.1) is 11.8 Å². The highest BCUT2D eigenvalue weighted by Crippen LogP contribution is 2.52. The quantitative estimate of drug-likeness (QED) is 0.673. The van der Waals surface area contributed by atoms with Crippen molar-refractivity contribution in [2.24, 2.45) is 11.8 Å². The summed E-state index contributed by atoms with van der Waals surface area (Å²) in [4.78, 5) is 15.4. The Morgan fingerprint density at radius 3 is 2.93 bits per heavy atom. The number of benzene rings is 1. The molecule has 1 amide bonds. The minimum atomic E-state index is -0.0236. The molecule has 4 aliphatic rings. The zero-order valence-electron chi connectivity index (χ0n) is 18.3. The van der Waals surface area contributed by atoms with E-state index >= 15 is 0 Å². The van der Waals surface area contributed by atoms with Gasteiger partial charge in [-0.1, -0.05) is 19.4 Å². The highest BCUT2D eigenvalue weighted by molar-refractivity contribution is 5.81. The van der Waals surface area contributed by atoms with E-state index in [1.54, 1.807) is 0 Å². The van der Waals surface area contributed by atoms with Gasteiger partial charge in [-0.2, -0.15) is 0 Å². The standard InChI is InChI=1S/C25H37N3O2/c1-17-23-14-19-7-8-20(29)15-21(19)25(17,10-13-28(23)16-18-5-6-18)9-12-27-24(30)22-4-2-3-11-26-22/h7-8,15,17-18,22-23,26,29H,2-6,9-14,16H2,1H3,(H,27,30)/t17-,22-,23+,25?/m0/s1. The summed E-state index contributed by atoms with van der Waals surface area (Å²) in [6.07, 6.45) is 9.21. The number of piperidine rings is 2. The normalized spacial score (nSPS) is 33.7. The van der Waals surface area contributed by atoms with Crippen LogP contribution in [0.25, 0.3) is 0 Å². The molecule has 1 unspecified atom stereocenters. The predicted octanol–water partition coefficient (Wildman–Crippen LogP) is 2.95. The second-order valence-electron chi connectivity index (χ2n) is 10.3. The molecule has 3 N–H and O–H groups in total. The maximum absolute atomic E-state index is 12.7. The number of hydrogen-bond donors (Lipinski definition) is 3. The van der Waals surface area contributed by atoms with Crippen LogP contribution < -0.4 is 10.6 Å². The van der Waals surface area contributed by atoms with Crippen molar-refractivity contribution in [1.29, 1.82) is 0 Å². The number of phenols is 1. The Morgan fingerprint density at radius 1 is 1.30 bits per heavy atom. The molecule has 2 aliphatic heterocycles. The number of likely N-dealkylation sites (tertiary alicyclic amines) is 1. The third-order valence-electron chi connectivity index (χ3n) is 8.51. The van der Waals surface area contributed by atoms with E-state index in [0.29, 0.717) is 24.3 Å². The number of hydrogen-bond acceptors (Lipinski definition) is 4. The van der Waals surface area contributed by atoms with Crippen LogP contribution in [0.4, 0.5) is 0 Å². The molecule has 0 spiro atoms. The summed E-state index contributed by atoms with van der Waals surface area (Å²) in [6.45, 7) is 6.47. The van der Waals surface area contributed by atoms with Gasteiger partial charge >= 0.3 is 0 Å². The number of nitrogens with zero attached hydrogens (tertiary/aromatic N) is 1. The topological polar surface area (TPSA) is 64.6 Å². The summed E-state index contributed by atoms with van der Waals surface area (Å²) in [5.41, 5.74) is 2.78. The molecule has 1 aromatic rings. The lowest BCUT2D eigenvalue weighted by molar-refractivity contribution is -0.123. The Kier molecular flexibility index (Phi) is 5.53. The van der Waals surface area contributed by atoms with Gasteiger partial charge in [0.15, 0.2) is 0 Å². The van der Waals surface area contributed by atoms with Crippen LogP contribution in [-0.2, 0) is 16.6 Å². The molecule has 2 bridgehead atoms. The van der Waals surface area contributed by atoms with E-state index < -0.39 is 0 Å². The molecule has 5 nitrogen and oxygen atoms in total. The van der Waals surface area contributed by atoms with Crippen LogP contribution in [0.1, 0.15) is 63.0 Å². The van der Waals surface area contributed by atoms with Crippen molar-refractivity contribution in [3.05, 3.63) is 29.3 Å². The van der Waals surface area contributed by atoms with Crippen LogP contribution >= 0.6 is 0 Å². The van der Waals surface area contributed by atoms with E-state index in [9.17, 15) is 9.90 Å². The van der Waals surface area contributed by atoms with Gasteiger partial charge in [-0.25, -0.2) is 0 Å². The maximum atomic E-state index is 12.7. The molecule has 164 valence electrons. The molecule has 5 rings (SSSR count). The second kappa shape index (κ2) is 8.16. The van der Waals surface area contributed by atoms with Gasteiger partial charge in [0.1, 0.15) is 5.75 Å². The van der Waals surface area contributed by atoms with Gasteiger partial charge in [0.05, 0.1) is 6.04 Å². The van der Waals surface area contributed by atoms with Crippen molar-refractivity contribution in [3.63, 3.8) is 0 Å². The first-order valence-corrected chi connectivity index (χ1v) is 12.1. The second-order valence-corrected chi connectivity index (χ2v) is 10.3. The number of carbonyl (C=O) groups excluding carboxylic acids is 1. The Morgan fingerprint density at radius 2 is 2.17 bits per heavy atom. The molecule has 4 atom stereocenters. The third kappa shape index (κ3) is 3.75. The third-order valence-corrected chi connectivity index (χ3v) is 8.51. The van der Waals surface area contributed by atoms with Crippen molar-refractivity contribution >= 4 is 5.91 Å². The van der Waals surface area contributed by atoms with E-state index in [-0.39, 0.29) is 17.4 Å². The maximum Gasteiger partial charge on any atom is 0.237 e. The minimum absolute atomic E-state index is 0.0236. The molecule has 1 saturated carbocycles. The number of aromatic hydroxyl groups is 1. The van der Waals surface area contributed by atoms with E-state index in [2.05, 4.69) is 28.5 Å². The molecular formula is C25H37N3O2. The Labute approximate surface area is 180 Å². The van der Waals surface area contributed by atoms with Gasteiger partial charge in [-0.05, 0) is 93.1 Å². The SMILES string of the molecule is C[C@H]1[C@H]2Cc3ccc(O)cc3C1(CCNC(=O)[C@@H]1CCCCN1)CCN2CC1CC1. The number of phenolic OH excluding ortho intramolecular Hbond substituents is 1. The van der Waals surface area contributed by atoms with Gasteiger partial charge < -0.3 is 15.7 Å². The van der Waals surface area contributed by atoms with Crippen molar-refractivity contribution in [3.8, 4) is 5.75 Å². The first-order valence-electron chi connectivity index (χ1n) is 12.1. The van der Waals surface area contributed by atoms with Gasteiger partial charge in [0.2, 0.25) is 5.91 Å². The van der Waals surface area contributed by atoms with Crippen molar-refractivity contribution in [2.45, 2.75) is 75.8 Å². The molecule has 3 fully saturated rings. The summed E-state index contributed by atoms with van der Waals surface area (Å²) in [5, 5.41) is 16.9. The Balaban J connectivity index is 1.34. The van der Waals surface area contributed by atoms with Crippen LogP contribution in [-0.4, -0.2) is 54.2 Å². The van der Waals surface area contributed by atoms with E-state index in [1.165, 1.54) is 36.9 Å². The zero-order valence-corrected chi connectivity index (χ0v) is 18.3. The number of amides is 1. The van der Waals surface area contributed by atoms with E-state index in [1.807, 2.05) is 12.1 Å². The molecule has 2 heterocycles. The molecule has 2 aliphatic carbocycles. The van der Waals surface area contributed by atoms with Crippen molar-refractivity contribution in [1.82, 2.24) is 15.5 Å². The van der Waals surface area contributed by atoms with Gasteiger partial charge in [-0.15, -0.1) is 0 Å². The summed E-state index contributed by atoms with van der Waals surface area (Å²) >= 11 is 0. The number of carbonyl (C=O) groups is 1. The summed E-state index contributed by atoms with van der Waals surface area (Å²) in [5.74, 6) is 1.97. The lowest BCUT2D eigenvalue weighted by Crippen LogP contribution is -2.60. The van der Waals surface area contributed by atoms with Crippen molar-refractivity contribution in [2.75, 3.05) is 26.2 Å². The molecule has 0 radical (unpaired) electrons. The molecule has 30 heavy (non-hydrogen) atoms. The summed E-state index contributed by atoms with van der Waals surface area (Å²) in [7, 11) is 0. The average Bonchev–Trinajstić information content (AvgIpc) is 3.57. The van der Waals surface area contributed by atoms with Crippen LogP contribution in [0.5, 0.6) is 5.75 Å². The summed E-state index contributed by atoms with van der Waals surface area (Å²) < 4.78 is 0. The molecule has 5 heteroatoms. The number of rotatable bonds is 6. The fourth-order valence-corrected chi connectivity index (χ4v) is 6.49. The summed E-state index contributed by atoms with van der Waals surface area (Å²) in [6, 6.07) is 6.56. The van der Waals surface area contributed by atoms with E-state index in [0.717, 1.165) is 51.1 Å². The molecule has 1 aromatic carbocycles. The van der Waals surface area contributed by atoms with Crippen LogP contribution in [0.2, 0.25) is 0 Å².